The molecule has 15 heavy (non-hydrogen) atoms. The number of carbonyl (C=O) groups is 1. The fourth-order valence-electron chi connectivity index (χ4n) is 2.47. The zero-order valence-electron chi connectivity index (χ0n) is 9.37. The molecule has 3 nitrogen and oxygen atoms in total. The molecule has 0 aromatic rings. The summed E-state index contributed by atoms with van der Waals surface area (Å²) in [5, 5.41) is 3.27. The second-order valence-corrected chi connectivity index (χ2v) is 5.45. The molecule has 2 atom stereocenters. The summed E-state index contributed by atoms with van der Waals surface area (Å²) in [7, 11) is 0. The molecule has 1 amide bonds. The lowest BCUT2D eigenvalue weighted by atomic mass is 10.1. The summed E-state index contributed by atoms with van der Waals surface area (Å²) in [6.07, 6.45) is 3.47. The van der Waals surface area contributed by atoms with Crippen LogP contribution in [0.1, 0.15) is 26.2 Å². The highest BCUT2D eigenvalue weighted by atomic mass is 32.2. The molecular formula is C11H20N2OS. The van der Waals surface area contributed by atoms with E-state index in [1.165, 1.54) is 18.6 Å². The maximum absolute atomic E-state index is 12.0. The second kappa shape index (κ2) is 5.21. The van der Waals surface area contributed by atoms with E-state index in [1.54, 1.807) is 0 Å². The van der Waals surface area contributed by atoms with Crippen LogP contribution < -0.4 is 5.32 Å². The Morgan fingerprint density at radius 2 is 2.40 bits per heavy atom. The van der Waals surface area contributed by atoms with Crippen LogP contribution in [0.5, 0.6) is 0 Å². The van der Waals surface area contributed by atoms with Crippen molar-refractivity contribution in [2.45, 2.75) is 38.3 Å². The van der Waals surface area contributed by atoms with Crippen LogP contribution in [-0.4, -0.2) is 47.5 Å². The second-order valence-electron chi connectivity index (χ2n) is 4.30. The standard InChI is InChI=1S/C11H20N2OS/c1-2-12-10-5-6-13(11(10)14)9-4-3-7-15-8-9/h9-10,12H,2-8H2,1H3. The van der Waals surface area contributed by atoms with E-state index >= 15 is 0 Å². The van der Waals surface area contributed by atoms with Gasteiger partial charge >= 0.3 is 0 Å². The van der Waals surface area contributed by atoms with Gasteiger partial charge in [0.2, 0.25) is 5.91 Å². The maximum Gasteiger partial charge on any atom is 0.240 e. The summed E-state index contributed by atoms with van der Waals surface area (Å²) >= 11 is 1.99. The lowest BCUT2D eigenvalue weighted by Crippen LogP contribution is -2.44. The Bertz CT molecular complexity index is 229. The largest absolute Gasteiger partial charge is 0.337 e. The Balaban J connectivity index is 1.90. The van der Waals surface area contributed by atoms with Gasteiger partial charge in [0, 0.05) is 18.3 Å². The zero-order chi connectivity index (χ0) is 10.7. The number of hydrogen-bond acceptors (Lipinski definition) is 3. The quantitative estimate of drug-likeness (QED) is 0.785. The van der Waals surface area contributed by atoms with Gasteiger partial charge in [-0.3, -0.25) is 4.79 Å². The topological polar surface area (TPSA) is 32.3 Å². The van der Waals surface area contributed by atoms with E-state index in [-0.39, 0.29) is 6.04 Å². The molecule has 86 valence electrons. The molecule has 0 aliphatic carbocycles. The number of nitrogens with one attached hydrogen (secondary N) is 1. The van der Waals surface area contributed by atoms with Crippen LogP contribution in [0.4, 0.5) is 0 Å². The van der Waals surface area contributed by atoms with E-state index in [0.29, 0.717) is 11.9 Å². The molecule has 2 aliphatic heterocycles. The molecule has 2 heterocycles. The van der Waals surface area contributed by atoms with Crippen LogP contribution in [0, 0.1) is 0 Å². The average molecular weight is 228 g/mol. The van der Waals surface area contributed by atoms with Crippen LogP contribution in [0.2, 0.25) is 0 Å². The molecular weight excluding hydrogens is 208 g/mol. The van der Waals surface area contributed by atoms with Gasteiger partial charge in [-0.25, -0.2) is 0 Å². The summed E-state index contributed by atoms with van der Waals surface area (Å²) in [6, 6.07) is 0.613. The lowest BCUT2D eigenvalue weighted by Gasteiger charge is -2.30. The van der Waals surface area contributed by atoms with Gasteiger partial charge in [-0.1, -0.05) is 6.92 Å². The Morgan fingerprint density at radius 3 is 3.07 bits per heavy atom. The van der Waals surface area contributed by atoms with Crippen LogP contribution in [-0.2, 0) is 4.79 Å². The third kappa shape index (κ3) is 2.48. The predicted molar refractivity (Wildman–Crippen MR) is 64.1 cm³/mol. The van der Waals surface area contributed by atoms with Crippen molar-refractivity contribution in [1.29, 1.82) is 0 Å². The van der Waals surface area contributed by atoms with Crippen LogP contribution in [0.15, 0.2) is 0 Å². The zero-order valence-corrected chi connectivity index (χ0v) is 10.2. The van der Waals surface area contributed by atoms with Crippen LogP contribution >= 0.6 is 11.8 Å². The van der Waals surface area contributed by atoms with Crippen molar-refractivity contribution < 1.29 is 4.79 Å². The highest BCUT2D eigenvalue weighted by Crippen LogP contribution is 2.25. The van der Waals surface area contributed by atoms with Crippen molar-refractivity contribution >= 4 is 17.7 Å². The first-order valence-corrected chi connectivity index (χ1v) is 7.10. The lowest BCUT2D eigenvalue weighted by molar-refractivity contribution is -0.131. The number of nitrogens with zero attached hydrogens (tertiary/aromatic N) is 1. The highest BCUT2D eigenvalue weighted by Gasteiger charge is 2.35. The molecule has 0 spiro atoms. The molecule has 2 aliphatic rings. The van der Waals surface area contributed by atoms with Crippen LogP contribution in [0.3, 0.4) is 0 Å². The Hall–Kier alpha value is -0.220. The third-order valence-electron chi connectivity index (χ3n) is 3.27. The van der Waals surface area contributed by atoms with E-state index in [1.807, 2.05) is 11.8 Å². The number of amides is 1. The Labute approximate surface area is 96.0 Å². The van der Waals surface area contributed by atoms with Crippen molar-refractivity contribution in [1.82, 2.24) is 10.2 Å². The summed E-state index contributed by atoms with van der Waals surface area (Å²) in [5.74, 6) is 2.75. The van der Waals surface area contributed by atoms with Gasteiger partial charge < -0.3 is 10.2 Å². The van der Waals surface area contributed by atoms with E-state index in [0.717, 1.165) is 25.3 Å². The van der Waals surface area contributed by atoms with Crippen molar-refractivity contribution in [2.24, 2.45) is 0 Å². The molecule has 0 saturated carbocycles. The summed E-state index contributed by atoms with van der Waals surface area (Å²) in [5.41, 5.74) is 0. The summed E-state index contributed by atoms with van der Waals surface area (Å²) < 4.78 is 0. The minimum Gasteiger partial charge on any atom is -0.337 e. The number of carbonyl (C=O) groups excluding carboxylic acids is 1. The van der Waals surface area contributed by atoms with E-state index in [9.17, 15) is 4.79 Å². The van der Waals surface area contributed by atoms with Gasteiger partial charge in [0.15, 0.2) is 0 Å². The SMILES string of the molecule is CCNC1CCN(C2CCCSC2)C1=O. The average Bonchev–Trinajstić information content (AvgIpc) is 2.63. The monoisotopic (exact) mass is 228 g/mol. The molecule has 2 saturated heterocycles. The number of rotatable bonds is 3. The minimum absolute atomic E-state index is 0.0990. The van der Waals surface area contributed by atoms with Gasteiger partial charge in [0.1, 0.15) is 0 Å². The molecule has 0 aromatic carbocycles. The van der Waals surface area contributed by atoms with Gasteiger partial charge in [0.25, 0.3) is 0 Å². The molecule has 2 rings (SSSR count). The van der Waals surface area contributed by atoms with Crippen LogP contribution in [0.25, 0.3) is 0 Å². The van der Waals surface area contributed by atoms with Gasteiger partial charge in [-0.05, 0) is 31.6 Å². The summed E-state index contributed by atoms with van der Waals surface area (Å²) in [6.45, 7) is 3.91. The van der Waals surface area contributed by atoms with Crippen molar-refractivity contribution in [3.63, 3.8) is 0 Å². The Morgan fingerprint density at radius 1 is 1.53 bits per heavy atom. The Kier molecular flexibility index (Phi) is 3.92. The smallest absolute Gasteiger partial charge is 0.240 e. The predicted octanol–water partition coefficient (Wildman–Crippen LogP) is 1.09. The molecule has 2 fully saturated rings. The number of thioether (sulfide) groups is 1. The fraction of sp³-hybridized carbons (Fsp3) is 0.909. The molecule has 1 N–H and O–H groups in total. The van der Waals surface area contributed by atoms with E-state index in [4.69, 9.17) is 0 Å². The fourth-order valence-corrected chi connectivity index (χ4v) is 3.63. The summed E-state index contributed by atoms with van der Waals surface area (Å²) in [4.78, 5) is 14.2. The minimum atomic E-state index is 0.0990. The van der Waals surface area contributed by atoms with Gasteiger partial charge in [-0.2, -0.15) is 11.8 Å². The first-order valence-electron chi connectivity index (χ1n) is 5.94. The first kappa shape index (κ1) is 11.3. The molecule has 0 bridgehead atoms. The maximum atomic E-state index is 12.0. The molecule has 4 heteroatoms. The normalized spacial score (nSPS) is 32.3. The third-order valence-corrected chi connectivity index (χ3v) is 4.47. The van der Waals surface area contributed by atoms with Crippen molar-refractivity contribution in [3.8, 4) is 0 Å². The van der Waals surface area contributed by atoms with Crippen molar-refractivity contribution in [3.05, 3.63) is 0 Å². The van der Waals surface area contributed by atoms with Crippen molar-refractivity contribution in [2.75, 3.05) is 24.6 Å². The number of likely N-dealkylation sites (N-methyl/N-ethyl adjacent to an activating group) is 1. The first-order chi connectivity index (χ1) is 7.33. The number of likely N-dealkylation sites (tertiary alicyclic amines) is 1. The molecule has 0 radical (unpaired) electrons. The van der Waals surface area contributed by atoms with Gasteiger partial charge in [-0.15, -0.1) is 0 Å². The molecule has 0 aromatic heterocycles. The number of hydrogen-bond donors (Lipinski definition) is 1. The highest BCUT2D eigenvalue weighted by molar-refractivity contribution is 7.99. The molecule has 2 unspecified atom stereocenters. The van der Waals surface area contributed by atoms with Gasteiger partial charge in [0.05, 0.1) is 6.04 Å². The van der Waals surface area contributed by atoms with E-state index in [2.05, 4.69) is 17.1 Å². The van der Waals surface area contributed by atoms with E-state index < -0.39 is 0 Å².